The van der Waals surface area contributed by atoms with E-state index in [9.17, 15) is 18.0 Å². The van der Waals surface area contributed by atoms with E-state index in [1.54, 1.807) is 6.20 Å². The van der Waals surface area contributed by atoms with Crippen molar-refractivity contribution in [3.05, 3.63) is 70.9 Å². The van der Waals surface area contributed by atoms with Gasteiger partial charge in [0.2, 0.25) is 0 Å². The second-order valence-electron chi connectivity index (χ2n) is 6.39. The minimum absolute atomic E-state index is 0.272. The second kappa shape index (κ2) is 5.79. The fraction of sp³-hybridized carbons (Fsp3) is 0.211. The molecule has 1 aliphatic rings. The van der Waals surface area contributed by atoms with Crippen molar-refractivity contribution in [1.29, 1.82) is 0 Å². The number of H-pyrrole nitrogens is 1. The summed E-state index contributed by atoms with van der Waals surface area (Å²) in [6.07, 6.45) is -2.27. The first-order valence-corrected chi connectivity index (χ1v) is 8.18. The van der Waals surface area contributed by atoms with Crippen molar-refractivity contribution in [3.8, 4) is 0 Å². The SMILES string of the molecule is NC(=O)N1CCc2cc(C(F)(F)F)ccc2C1c1c[nH]c2ccccc12. The number of primary amides is 1. The Labute approximate surface area is 147 Å². The number of hydrogen-bond donors (Lipinski definition) is 2. The van der Waals surface area contributed by atoms with Crippen LogP contribution in [0.15, 0.2) is 48.7 Å². The molecule has 0 aliphatic carbocycles. The third kappa shape index (κ3) is 2.60. The highest BCUT2D eigenvalue weighted by molar-refractivity contribution is 5.85. The zero-order chi connectivity index (χ0) is 18.5. The Bertz CT molecular complexity index is 993. The van der Waals surface area contributed by atoms with Crippen LogP contribution in [0.2, 0.25) is 0 Å². The van der Waals surface area contributed by atoms with Crippen molar-refractivity contribution in [2.75, 3.05) is 6.54 Å². The number of amides is 2. The van der Waals surface area contributed by atoms with E-state index in [1.165, 1.54) is 17.0 Å². The van der Waals surface area contributed by atoms with Crippen LogP contribution in [0, 0.1) is 0 Å². The Kier molecular flexibility index (Phi) is 3.68. The number of aromatic amines is 1. The summed E-state index contributed by atoms with van der Waals surface area (Å²) in [6, 6.07) is 10.2. The zero-order valence-electron chi connectivity index (χ0n) is 13.7. The van der Waals surface area contributed by atoms with Gasteiger partial charge in [0, 0.05) is 29.2 Å². The molecule has 7 heteroatoms. The standard InChI is InChI=1S/C19H16F3N3O/c20-19(21,22)12-5-6-13-11(9-12)7-8-25(18(23)26)17(13)15-10-24-16-4-2-1-3-14(15)16/h1-6,9-10,17,24H,7-8H2,(H2,23,26). The van der Waals surface area contributed by atoms with E-state index in [0.29, 0.717) is 17.5 Å². The Morgan fingerprint density at radius 3 is 2.65 bits per heavy atom. The summed E-state index contributed by atoms with van der Waals surface area (Å²) in [4.78, 5) is 16.6. The van der Waals surface area contributed by atoms with Gasteiger partial charge >= 0.3 is 12.2 Å². The molecule has 0 spiro atoms. The van der Waals surface area contributed by atoms with E-state index >= 15 is 0 Å². The lowest BCUT2D eigenvalue weighted by atomic mass is 9.87. The molecular weight excluding hydrogens is 343 g/mol. The number of urea groups is 1. The Morgan fingerprint density at radius 1 is 1.15 bits per heavy atom. The lowest BCUT2D eigenvalue weighted by molar-refractivity contribution is -0.137. The van der Waals surface area contributed by atoms with Crippen LogP contribution < -0.4 is 5.73 Å². The molecule has 134 valence electrons. The maximum atomic E-state index is 13.1. The maximum absolute atomic E-state index is 13.1. The number of rotatable bonds is 1. The smallest absolute Gasteiger partial charge is 0.361 e. The lowest BCUT2D eigenvalue weighted by Gasteiger charge is -2.36. The third-order valence-corrected chi connectivity index (χ3v) is 4.90. The predicted octanol–water partition coefficient (Wildman–Crippen LogP) is 4.21. The number of aromatic nitrogens is 1. The Hall–Kier alpha value is -2.96. The molecule has 4 nitrogen and oxygen atoms in total. The van der Waals surface area contributed by atoms with Gasteiger partial charge in [-0.1, -0.05) is 24.3 Å². The van der Waals surface area contributed by atoms with Crippen molar-refractivity contribution in [2.24, 2.45) is 5.73 Å². The van der Waals surface area contributed by atoms with Gasteiger partial charge in [0.05, 0.1) is 11.6 Å². The molecule has 26 heavy (non-hydrogen) atoms. The van der Waals surface area contributed by atoms with E-state index in [1.807, 2.05) is 24.3 Å². The Balaban J connectivity index is 1.90. The average Bonchev–Trinajstić information content (AvgIpc) is 3.03. The quantitative estimate of drug-likeness (QED) is 0.672. The first-order chi connectivity index (χ1) is 12.4. The summed E-state index contributed by atoms with van der Waals surface area (Å²) in [5.41, 5.74) is 7.86. The van der Waals surface area contributed by atoms with Crippen molar-refractivity contribution in [3.63, 3.8) is 0 Å². The normalized spacial score (nSPS) is 17.3. The van der Waals surface area contributed by atoms with Gasteiger partial charge in [-0.05, 0) is 35.7 Å². The minimum atomic E-state index is -4.40. The van der Waals surface area contributed by atoms with Crippen molar-refractivity contribution in [2.45, 2.75) is 18.6 Å². The number of carbonyl (C=O) groups is 1. The Morgan fingerprint density at radius 2 is 1.92 bits per heavy atom. The van der Waals surface area contributed by atoms with E-state index in [0.717, 1.165) is 22.5 Å². The average molecular weight is 359 g/mol. The second-order valence-corrected chi connectivity index (χ2v) is 6.39. The number of para-hydroxylation sites is 1. The highest BCUT2D eigenvalue weighted by Gasteiger charge is 2.36. The van der Waals surface area contributed by atoms with Crippen LogP contribution in [0.3, 0.4) is 0 Å². The van der Waals surface area contributed by atoms with Crippen LogP contribution in [-0.2, 0) is 12.6 Å². The minimum Gasteiger partial charge on any atom is -0.361 e. The summed E-state index contributed by atoms with van der Waals surface area (Å²) in [5, 5.41) is 0.913. The van der Waals surface area contributed by atoms with E-state index in [-0.39, 0.29) is 6.54 Å². The molecule has 0 radical (unpaired) electrons. The molecule has 2 aromatic carbocycles. The van der Waals surface area contributed by atoms with E-state index in [4.69, 9.17) is 5.73 Å². The molecule has 2 amide bonds. The van der Waals surface area contributed by atoms with Gasteiger partial charge in [-0.2, -0.15) is 13.2 Å². The summed E-state index contributed by atoms with van der Waals surface area (Å²) >= 11 is 0. The fourth-order valence-electron chi connectivity index (χ4n) is 3.70. The van der Waals surface area contributed by atoms with Gasteiger partial charge in [0.25, 0.3) is 0 Å². The topological polar surface area (TPSA) is 62.1 Å². The van der Waals surface area contributed by atoms with Crippen LogP contribution in [0.5, 0.6) is 0 Å². The van der Waals surface area contributed by atoms with Crippen molar-refractivity contribution >= 4 is 16.9 Å². The van der Waals surface area contributed by atoms with Crippen LogP contribution in [0.25, 0.3) is 10.9 Å². The molecule has 4 rings (SSSR count). The molecular formula is C19H16F3N3O. The summed E-state index contributed by atoms with van der Waals surface area (Å²) in [6.45, 7) is 0.272. The molecule has 1 atom stereocenters. The summed E-state index contributed by atoms with van der Waals surface area (Å²) < 4.78 is 39.2. The third-order valence-electron chi connectivity index (χ3n) is 4.90. The molecule has 0 fully saturated rings. The number of halogens is 3. The molecule has 0 bridgehead atoms. The van der Waals surface area contributed by atoms with Crippen LogP contribution >= 0.6 is 0 Å². The van der Waals surface area contributed by atoms with Gasteiger partial charge in [0.1, 0.15) is 0 Å². The van der Waals surface area contributed by atoms with Gasteiger partial charge in [0.15, 0.2) is 0 Å². The molecule has 0 saturated carbocycles. The fourth-order valence-corrected chi connectivity index (χ4v) is 3.70. The number of nitrogens with zero attached hydrogens (tertiary/aromatic N) is 1. The molecule has 1 aliphatic heterocycles. The summed E-state index contributed by atoms with van der Waals surface area (Å²) in [7, 11) is 0. The van der Waals surface area contributed by atoms with E-state index < -0.39 is 23.8 Å². The highest BCUT2D eigenvalue weighted by atomic mass is 19.4. The molecule has 3 aromatic rings. The number of carbonyl (C=O) groups excluding carboxylic acids is 1. The number of fused-ring (bicyclic) bond motifs is 2. The molecule has 0 saturated heterocycles. The number of nitrogens with two attached hydrogens (primary N) is 1. The van der Waals surface area contributed by atoms with Gasteiger partial charge in [-0.3, -0.25) is 0 Å². The molecule has 3 N–H and O–H groups in total. The first-order valence-electron chi connectivity index (χ1n) is 8.18. The van der Waals surface area contributed by atoms with Crippen LogP contribution in [0.4, 0.5) is 18.0 Å². The zero-order valence-corrected chi connectivity index (χ0v) is 13.7. The largest absolute Gasteiger partial charge is 0.416 e. The predicted molar refractivity (Wildman–Crippen MR) is 91.6 cm³/mol. The number of benzene rings is 2. The van der Waals surface area contributed by atoms with Gasteiger partial charge < -0.3 is 15.6 Å². The van der Waals surface area contributed by atoms with Crippen molar-refractivity contribution in [1.82, 2.24) is 9.88 Å². The number of alkyl halides is 3. The summed E-state index contributed by atoms with van der Waals surface area (Å²) in [5.74, 6) is 0. The van der Waals surface area contributed by atoms with Crippen molar-refractivity contribution < 1.29 is 18.0 Å². The maximum Gasteiger partial charge on any atom is 0.416 e. The lowest BCUT2D eigenvalue weighted by Crippen LogP contribution is -2.43. The highest BCUT2D eigenvalue weighted by Crippen LogP contribution is 2.40. The van der Waals surface area contributed by atoms with Crippen LogP contribution in [-0.4, -0.2) is 22.5 Å². The van der Waals surface area contributed by atoms with Gasteiger partial charge in [-0.25, -0.2) is 4.79 Å². The molecule has 2 heterocycles. The monoisotopic (exact) mass is 359 g/mol. The van der Waals surface area contributed by atoms with Gasteiger partial charge in [-0.15, -0.1) is 0 Å². The molecule has 1 aromatic heterocycles. The van der Waals surface area contributed by atoms with Crippen LogP contribution in [0.1, 0.15) is 28.3 Å². The first kappa shape index (κ1) is 16.5. The number of hydrogen-bond acceptors (Lipinski definition) is 1. The van der Waals surface area contributed by atoms with E-state index in [2.05, 4.69) is 4.98 Å². The molecule has 1 unspecified atom stereocenters. The number of nitrogens with one attached hydrogen (secondary N) is 1.